The van der Waals surface area contributed by atoms with E-state index in [0.29, 0.717) is 0 Å². The Morgan fingerprint density at radius 3 is 2.42 bits per heavy atom. The highest BCUT2D eigenvalue weighted by Crippen LogP contribution is 2.28. The van der Waals surface area contributed by atoms with Gasteiger partial charge in [0.25, 0.3) is 0 Å². The summed E-state index contributed by atoms with van der Waals surface area (Å²) in [7, 11) is 3.32. The monoisotopic (exact) mass is 352 g/mol. The molecule has 2 aromatic carbocycles. The Morgan fingerprint density at radius 2 is 1.73 bits per heavy atom. The Balaban J connectivity index is 1.59. The molecule has 1 heterocycles. The standard InChI is InChI=1S/C22H25NO3/c1-24-21-11-10-17(15-22(21)25-2)16-23-13-12-19(20-9-6-14-26-20)18-7-4-3-5-8-18/h3-11,14-15,19,23H,12-13,16H2,1-2H3/p+1/t19-/m0/s1. The van der Waals surface area contributed by atoms with E-state index in [-0.39, 0.29) is 5.92 Å². The lowest BCUT2D eigenvalue weighted by molar-refractivity contribution is -0.671. The summed E-state index contributed by atoms with van der Waals surface area (Å²) >= 11 is 0. The quantitative estimate of drug-likeness (QED) is 0.599. The molecular formula is C22H26NO3+. The van der Waals surface area contributed by atoms with E-state index < -0.39 is 0 Å². The summed E-state index contributed by atoms with van der Waals surface area (Å²) in [6.45, 7) is 1.91. The van der Waals surface area contributed by atoms with Crippen molar-refractivity contribution in [3.63, 3.8) is 0 Å². The first-order valence-corrected chi connectivity index (χ1v) is 8.92. The van der Waals surface area contributed by atoms with Gasteiger partial charge in [0.05, 0.1) is 27.0 Å². The predicted octanol–water partition coefficient (Wildman–Crippen LogP) is 3.58. The number of furan rings is 1. The number of methoxy groups -OCH3 is 2. The normalized spacial score (nSPS) is 11.9. The van der Waals surface area contributed by atoms with Crippen molar-refractivity contribution in [2.24, 2.45) is 0 Å². The van der Waals surface area contributed by atoms with Crippen LogP contribution >= 0.6 is 0 Å². The Bertz CT molecular complexity index is 784. The topological polar surface area (TPSA) is 48.2 Å². The second kappa shape index (κ2) is 9.11. The van der Waals surface area contributed by atoms with E-state index in [9.17, 15) is 0 Å². The van der Waals surface area contributed by atoms with Crippen molar-refractivity contribution in [3.8, 4) is 11.5 Å². The van der Waals surface area contributed by atoms with Crippen molar-refractivity contribution in [1.29, 1.82) is 0 Å². The molecule has 4 heteroatoms. The zero-order chi connectivity index (χ0) is 18.2. The van der Waals surface area contributed by atoms with Crippen molar-refractivity contribution in [1.82, 2.24) is 0 Å². The van der Waals surface area contributed by atoms with E-state index in [1.807, 2.05) is 24.3 Å². The Kier molecular flexibility index (Phi) is 6.34. The van der Waals surface area contributed by atoms with Crippen LogP contribution in [0.15, 0.2) is 71.3 Å². The van der Waals surface area contributed by atoms with Crippen LogP contribution in [0.5, 0.6) is 11.5 Å². The molecule has 0 radical (unpaired) electrons. The number of quaternary nitrogens is 1. The minimum absolute atomic E-state index is 0.285. The molecule has 0 fully saturated rings. The second-order valence-corrected chi connectivity index (χ2v) is 6.24. The van der Waals surface area contributed by atoms with Gasteiger partial charge in [-0.1, -0.05) is 30.3 Å². The van der Waals surface area contributed by atoms with Crippen molar-refractivity contribution < 1.29 is 19.2 Å². The van der Waals surface area contributed by atoms with Gasteiger partial charge in [-0.3, -0.25) is 0 Å². The van der Waals surface area contributed by atoms with E-state index in [1.165, 1.54) is 11.1 Å². The lowest BCUT2D eigenvalue weighted by atomic mass is 9.93. The summed E-state index contributed by atoms with van der Waals surface area (Å²) < 4.78 is 16.3. The van der Waals surface area contributed by atoms with Gasteiger partial charge in [0.15, 0.2) is 11.5 Å². The highest BCUT2D eigenvalue weighted by Gasteiger charge is 2.17. The number of rotatable bonds is 9. The molecule has 136 valence electrons. The minimum atomic E-state index is 0.285. The molecule has 0 spiro atoms. The summed E-state index contributed by atoms with van der Waals surface area (Å²) in [5, 5.41) is 2.32. The lowest BCUT2D eigenvalue weighted by Gasteiger charge is -2.14. The van der Waals surface area contributed by atoms with Gasteiger partial charge in [0, 0.05) is 17.9 Å². The average molecular weight is 352 g/mol. The predicted molar refractivity (Wildman–Crippen MR) is 102 cm³/mol. The summed E-state index contributed by atoms with van der Waals surface area (Å²) in [5.74, 6) is 2.85. The van der Waals surface area contributed by atoms with Crippen LogP contribution in [0.1, 0.15) is 29.2 Å². The average Bonchev–Trinajstić information content (AvgIpc) is 3.23. The summed E-state index contributed by atoms with van der Waals surface area (Å²) in [5.41, 5.74) is 2.51. The molecule has 26 heavy (non-hydrogen) atoms. The number of nitrogens with two attached hydrogens (primary N) is 1. The molecule has 0 saturated carbocycles. The molecule has 0 saturated heterocycles. The highest BCUT2D eigenvalue weighted by molar-refractivity contribution is 5.42. The third kappa shape index (κ3) is 4.46. The van der Waals surface area contributed by atoms with Crippen molar-refractivity contribution in [2.45, 2.75) is 18.9 Å². The lowest BCUT2D eigenvalue weighted by Crippen LogP contribution is -2.82. The third-order valence-corrected chi connectivity index (χ3v) is 4.58. The van der Waals surface area contributed by atoms with Crippen molar-refractivity contribution in [2.75, 3.05) is 20.8 Å². The fraction of sp³-hybridized carbons (Fsp3) is 0.273. The third-order valence-electron chi connectivity index (χ3n) is 4.58. The van der Waals surface area contributed by atoms with E-state index in [2.05, 4.69) is 41.7 Å². The first-order chi connectivity index (χ1) is 12.8. The smallest absolute Gasteiger partial charge is 0.161 e. The van der Waals surface area contributed by atoms with Crippen molar-refractivity contribution >= 4 is 0 Å². The van der Waals surface area contributed by atoms with Gasteiger partial charge in [-0.15, -0.1) is 0 Å². The zero-order valence-corrected chi connectivity index (χ0v) is 15.4. The molecule has 3 aromatic rings. The van der Waals surface area contributed by atoms with Crippen LogP contribution in [-0.2, 0) is 6.54 Å². The second-order valence-electron chi connectivity index (χ2n) is 6.24. The molecule has 0 aliphatic heterocycles. The van der Waals surface area contributed by atoms with Gasteiger partial charge in [0.2, 0.25) is 0 Å². The number of benzene rings is 2. The van der Waals surface area contributed by atoms with Gasteiger partial charge in [-0.05, 0) is 35.9 Å². The van der Waals surface area contributed by atoms with E-state index in [0.717, 1.165) is 36.8 Å². The van der Waals surface area contributed by atoms with Crippen LogP contribution in [0.4, 0.5) is 0 Å². The molecule has 2 N–H and O–H groups in total. The largest absolute Gasteiger partial charge is 0.493 e. The summed E-state index contributed by atoms with van der Waals surface area (Å²) in [6, 6.07) is 20.6. The first kappa shape index (κ1) is 18.1. The molecule has 0 aliphatic carbocycles. The molecule has 1 aromatic heterocycles. The molecule has 3 rings (SSSR count). The van der Waals surface area contributed by atoms with Gasteiger partial charge >= 0.3 is 0 Å². The molecule has 0 unspecified atom stereocenters. The van der Waals surface area contributed by atoms with Crippen LogP contribution in [0.25, 0.3) is 0 Å². The van der Waals surface area contributed by atoms with Crippen LogP contribution in [0.2, 0.25) is 0 Å². The zero-order valence-electron chi connectivity index (χ0n) is 15.4. The van der Waals surface area contributed by atoms with Gasteiger partial charge in [-0.25, -0.2) is 0 Å². The Hall–Kier alpha value is -2.72. The maximum absolute atomic E-state index is 5.68. The maximum Gasteiger partial charge on any atom is 0.161 e. The van der Waals surface area contributed by atoms with Gasteiger partial charge < -0.3 is 19.2 Å². The van der Waals surface area contributed by atoms with Crippen LogP contribution < -0.4 is 14.8 Å². The summed E-state index contributed by atoms with van der Waals surface area (Å²) in [4.78, 5) is 0. The Labute approximate surface area is 154 Å². The molecule has 0 aliphatic rings. The van der Waals surface area contributed by atoms with E-state index in [4.69, 9.17) is 13.9 Å². The van der Waals surface area contributed by atoms with Crippen LogP contribution in [0.3, 0.4) is 0 Å². The highest BCUT2D eigenvalue weighted by atomic mass is 16.5. The molecule has 0 bridgehead atoms. The van der Waals surface area contributed by atoms with Crippen molar-refractivity contribution in [3.05, 3.63) is 83.8 Å². The first-order valence-electron chi connectivity index (χ1n) is 8.92. The van der Waals surface area contributed by atoms with E-state index in [1.54, 1.807) is 20.5 Å². The SMILES string of the molecule is COc1ccc(C[NH2+]CC[C@@H](c2ccccc2)c2ccco2)cc1OC. The number of ether oxygens (including phenoxy) is 2. The number of hydrogen-bond donors (Lipinski definition) is 1. The molecule has 1 atom stereocenters. The maximum atomic E-state index is 5.68. The molecule has 4 nitrogen and oxygen atoms in total. The Morgan fingerprint density at radius 1 is 0.923 bits per heavy atom. The van der Waals surface area contributed by atoms with Crippen LogP contribution in [0, 0.1) is 0 Å². The summed E-state index contributed by atoms with van der Waals surface area (Å²) in [6.07, 6.45) is 2.77. The minimum Gasteiger partial charge on any atom is -0.493 e. The van der Waals surface area contributed by atoms with Gasteiger partial charge in [0.1, 0.15) is 12.3 Å². The van der Waals surface area contributed by atoms with Gasteiger partial charge in [-0.2, -0.15) is 0 Å². The fourth-order valence-corrected chi connectivity index (χ4v) is 3.21. The molecule has 0 amide bonds. The van der Waals surface area contributed by atoms with Crippen LogP contribution in [-0.4, -0.2) is 20.8 Å². The molecular weight excluding hydrogens is 326 g/mol. The fourth-order valence-electron chi connectivity index (χ4n) is 3.21. The van der Waals surface area contributed by atoms with E-state index >= 15 is 0 Å². The number of hydrogen-bond acceptors (Lipinski definition) is 3.